The number of unbranched alkanes of at least 4 members (excludes halogenated alkanes) is 1. The number of Topliss-reactive ketones (excluding diaryl/α,β-unsaturated/α-hetero) is 4. The van der Waals surface area contributed by atoms with Gasteiger partial charge in [-0.3, -0.25) is 47.9 Å². The van der Waals surface area contributed by atoms with Crippen molar-refractivity contribution >= 4 is 58.8 Å². The second-order valence-electron chi connectivity index (χ2n) is 16.0. The van der Waals surface area contributed by atoms with Gasteiger partial charge < -0.3 is 50.2 Å². The van der Waals surface area contributed by atoms with Crippen LogP contribution in [0.4, 0.5) is 0 Å². The standard InChI is InChI=1S/C44H71N3O17/c1-2-3-7-34(48)28-46-41(54)30-64-25-23-61-20-5-8-35(49)29-63-24-22-62-21-6-9-37(50)36(17-19-43(57)58)47-40(53)18-16-33(44(59)60)26-38(51)32-14-12-31(13-15-32)27-45-39(52)10-4-11-42(55)56/h31-33,36H,2-30H2,1H3,(H,45,52)(H,46,54)(H,47,53)(H,55,56)(H,57,58)(H,59,60). The first-order valence-electron chi connectivity index (χ1n) is 22.5. The van der Waals surface area contributed by atoms with Gasteiger partial charge in [0.2, 0.25) is 17.7 Å². The number of nitrogens with one attached hydrogen (secondary N) is 3. The Balaban J connectivity index is 2.26. The van der Waals surface area contributed by atoms with Crippen LogP contribution in [-0.4, -0.2) is 146 Å². The van der Waals surface area contributed by atoms with Gasteiger partial charge in [-0.1, -0.05) is 13.3 Å². The Kier molecular flexibility index (Phi) is 32.0. The molecule has 0 aromatic carbocycles. The maximum absolute atomic E-state index is 13.0. The van der Waals surface area contributed by atoms with Crippen LogP contribution in [0, 0.1) is 17.8 Å². The van der Waals surface area contributed by atoms with Gasteiger partial charge >= 0.3 is 17.9 Å². The number of ether oxygens (including phenoxy) is 4. The number of rotatable bonds is 41. The predicted molar refractivity (Wildman–Crippen MR) is 228 cm³/mol. The van der Waals surface area contributed by atoms with Crippen LogP contribution < -0.4 is 16.0 Å². The van der Waals surface area contributed by atoms with E-state index in [-0.39, 0.29) is 164 Å². The smallest absolute Gasteiger partial charge is 0.306 e. The number of hydrogen-bond donors (Lipinski definition) is 6. The molecule has 0 aromatic rings. The van der Waals surface area contributed by atoms with Crippen molar-refractivity contribution in [2.45, 2.75) is 135 Å². The van der Waals surface area contributed by atoms with Gasteiger partial charge in [0.05, 0.1) is 44.9 Å². The van der Waals surface area contributed by atoms with Gasteiger partial charge in [0.1, 0.15) is 19.0 Å². The van der Waals surface area contributed by atoms with Crippen LogP contribution in [0.5, 0.6) is 0 Å². The molecule has 0 bridgehead atoms. The molecule has 1 aliphatic rings. The Labute approximate surface area is 375 Å². The summed E-state index contributed by atoms with van der Waals surface area (Å²) < 4.78 is 21.4. The van der Waals surface area contributed by atoms with E-state index in [1.807, 2.05) is 6.92 Å². The fourth-order valence-corrected chi connectivity index (χ4v) is 6.78. The van der Waals surface area contributed by atoms with Crippen molar-refractivity contribution in [1.29, 1.82) is 0 Å². The summed E-state index contributed by atoms with van der Waals surface area (Å²) >= 11 is 0. The van der Waals surface area contributed by atoms with Gasteiger partial charge in [0, 0.05) is 77.0 Å². The van der Waals surface area contributed by atoms with E-state index in [1.54, 1.807) is 0 Å². The van der Waals surface area contributed by atoms with Crippen molar-refractivity contribution in [2.24, 2.45) is 17.8 Å². The predicted octanol–water partition coefficient (Wildman–Crippen LogP) is 2.59. The summed E-state index contributed by atoms with van der Waals surface area (Å²) in [5.41, 5.74) is 0. The van der Waals surface area contributed by atoms with Crippen LogP contribution in [0.2, 0.25) is 0 Å². The average molecular weight is 914 g/mol. The second kappa shape index (κ2) is 35.7. The molecule has 6 N–H and O–H groups in total. The number of hydrogen-bond acceptors (Lipinski definition) is 14. The lowest BCUT2D eigenvalue weighted by Crippen LogP contribution is -2.41. The van der Waals surface area contributed by atoms with Crippen LogP contribution >= 0.6 is 0 Å². The van der Waals surface area contributed by atoms with E-state index in [4.69, 9.17) is 24.1 Å². The second-order valence-corrected chi connectivity index (χ2v) is 16.0. The van der Waals surface area contributed by atoms with E-state index in [0.29, 0.717) is 51.7 Å². The highest BCUT2D eigenvalue weighted by Gasteiger charge is 2.31. The quantitative estimate of drug-likeness (QED) is 0.0480. The lowest BCUT2D eigenvalue weighted by molar-refractivity contribution is -0.145. The van der Waals surface area contributed by atoms with Crippen molar-refractivity contribution in [3.63, 3.8) is 0 Å². The summed E-state index contributed by atoms with van der Waals surface area (Å²) in [5.74, 6) is -6.68. The maximum atomic E-state index is 13.0. The first-order valence-corrected chi connectivity index (χ1v) is 22.5. The molecule has 1 fully saturated rings. The Hall–Kier alpha value is -4.66. The van der Waals surface area contributed by atoms with Crippen molar-refractivity contribution in [1.82, 2.24) is 16.0 Å². The van der Waals surface area contributed by atoms with E-state index in [1.165, 1.54) is 0 Å². The number of carbonyl (C=O) groups is 10. The minimum atomic E-state index is -1.23. The zero-order valence-corrected chi connectivity index (χ0v) is 37.4. The van der Waals surface area contributed by atoms with Crippen molar-refractivity contribution in [3.05, 3.63) is 0 Å². The molecule has 1 rings (SSSR count). The minimum absolute atomic E-state index is 0.00731. The molecule has 20 heteroatoms. The lowest BCUT2D eigenvalue weighted by Gasteiger charge is -2.28. The minimum Gasteiger partial charge on any atom is -0.481 e. The van der Waals surface area contributed by atoms with Crippen LogP contribution in [0.25, 0.3) is 0 Å². The highest BCUT2D eigenvalue weighted by Crippen LogP contribution is 2.31. The molecule has 0 heterocycles. The van der Waals surface area contributed by atoms with Crippen LogP contribution in [0.1, 0.15) is 129 Å². The summed E-state index contributed by atoms with van der Waals surface area (Å²) in [6.45, 7) is 3.31. The molecule has 2 unspecified atom stereocenters. The molecule has 0 spiro atoms. The molecule has 1 saturated carbocycles. The third-order valence-corrected chi connectivity index (χ3v) is 10.6. The molecular weight excluding hydrogens is 842 g/mol. The average Bonchev–Trinajstić information content (AvgIpc) is 3.25. The Morgan fingerprint density at radius 3 is 1.80 bits per heavy atom. The number of ketones is 4. The Morgan fingerprint density at radius 2 is 1.17 bits per heavy atom. The van der Waals surface area contributed by atoms with E-state index >= 15 is 0 Å². The molecule has 64 heavy (non-hydrogen) atoms. The zero-order chi connectivity index (χ0) is 47.5. The summed E-state index contributed by atoms with van der Waals surface area (Å²) in [6.07, 6.45) is 4.52. The van der Waals surface area contributed by atoms with Crippen LogP contribution in [0.15, 0.2) is 0 Å². The van der Waals surface area contributed by atoms with Crippen molar-refractivity contribution in [2.75, 3.05) is 65.9 Å². The van der Waals surface area contributed by atoms with Gasteiger partial charge in [-0.25, -0.2) is 0 Å². The normalized spacial score (nSPS) is 15.6. The van der Waals surface area contributed by atoms with E-state index < -0.39 is 41.6 Å². The third-order valence-electron chi connectivity index (χ3n) is 10.6. The number of carbonyl (C=O) groups excluding carboxylic acids is 7. The summed E-state index contributed by atoms with van der Waals surface area (Å²) in [7, 11) is 0. The fraction of sp³-hybridized carbons (Fsp3) is 0.773. The molecule has 364 valence electrons. The lowest BCUT2D eigenvalue weighted by atomic mass is 9.78. The Bertz CT molecular complexity index is 1480. The molecule has 1 aliphatic carbocycles. The summed E-state index contributed by atoms with van der Waals surface area (Å²) in [5, 5.41) is 35.5. The molecule has 0 aliphatic heterocycles. The van der Waals surface area contributed by atoms with Gasteiger partial charge in [-0.2, -0.15) is 0 Å². The zero-order valence-electron chi connectivity index (χ0n) is 37.4. The molecular formula is C44H71N3O17. The first-order chi connectivity index (χ1) is 30.6. The SMILES string of the molecule is CCCCC(=O)CNC(=O)COCCOCCCC(=O)COCCOCCCC(=O)C(CCC(=O)O)NC(=O)CCC(CC(=O)C1CCC(CNC(=O)CCCC(=O)O)CC1)C(=O)O. The molecule has 2 atom stereocenters. The molecule has 0 aromatic heterocycles. The van der Waals surface area contributed by atoms with Gasteiger partial charge in [0.15, 0.2) is 17.3 Å². The highest BCUT2D eigenvalue weighted by molar-refractivity contribution is 5.90. The van der Waals surface area contributed by atoms with Gasteiger partial charge in [0.25, 0.3) is 0 Å². The van der Waals surface area contributed by atoms with Gasteiger partial charge in [-0.15, -0.1) is 0 Å². The van der Waals surface area contributed by atoms with Crippen LogP contribution in [-0.2, 0) is 66.9 Å². The maximum Gasteiger partial charge on any atom is 0.306 e. The Morgan fingerprint density at radius 1 is 0.562 bits per heavy atom. The largest absolute Gasteiger partial charge is 0.481 e. The van der Waals surface area contributed by atoms with Crippen molar-refractivity contribution < 1.29 is 82.2 Å². The monoisotopic (exact) mass is 913 g/mol. The van der Waals surface area contributed by atoms with E-state index in [0.717, 1.165) is 12.8 Å². The van der Waals surface area contributed by atoms with Crippen molar-refractivity contribution in [3.8, 4) is 0 Å². The molecule has 20 nitrogen and oxygen atoms in total. The first kappa shape index (κ1) is 57.4. The molecule has 0 radical (unpaired) electrons. The van der Waals surface area contributed by atoms with Crippen LogP contribution in [0.3, 0.4) is 0 Å². The van der Waals surface area contributed by atoms with Gasteiger partial charge in [-0.05, 0) is 70.1 Å². The molecule has 0 saturated heterocycles. The number of carboxylic acid groups (broad SMARTS) is 3. The van der Waals surface area contributed by atoms with E-state index in [2.05, 4.69) is 16.0 Å². The number of amides is 3. The number of carboxylic acids is 3. The highest BCUT2D eigenvalue weighted by atomic mass is 16.5. The summed E-state index contributed by atoms with van der Waals surface area (Å²) in [4.78, 5) is 120. The number of aliphatic carboxylic acids is 3. The third kappa shape index (κ3) is 30.4. The molecule has 3 amide bonds. The fourth-order valence-electron chi connectivity index (χ4n) is 6.78. The summed E-state index contributed by atoms with van der Waals surface area (Å²) in [6, 6.07) is -1.11. The topological polar surface area (TPSA) is 304 Å². The van der Waals surface area contributed by atoms with E-state index in [9.17, 15) is 58.2 Å².